The molecule has 0 aliphatic rings. The van der Waals surface area contributed by atoms with Crippen molar-refractivity contribution in [1.82, 2.24) is 15.2 Å². The Kier molecular flexibility index (Phi) is 1.84. The van der Waals surface area contributed by atoms with Crippen LogP contribution in [0, 0.1) is 3.70 Å². The van der Waals surface area contributed by atoms with Crippen molar-refractivity contribution in [3.8, 4) is 0 Å². The minimum Gasteiger partial charge on any atom is -0.269 e. The van der Waals surface area contributed by atoms with E-state index in [0.29, 0.717) is 0 Å². The number of pyridine rings is 1. The van der Waals surface area contributed by atoms with Crippen LogP contribution >= 0.6 is 38.5 Å². The van der Waals surface area contributed by atoms with Crippen molar-refractivity contribution in [2.45, 2.75) is 0 Å². The fourth-order valence-corrected chi connectivity index (χ4v) is 1.65. The van der Waals surface area contributed by atoms with Crippen LogP contribution in [0.15, 0.2) is 16.7 Å². The molecule has 0 radical (unpaired) electrons. The average Bonchev–Trinajstić information content (AvgIpc) is 2.32. The van der Waals surface area contributed by atoms with Crippen molar-refractivity contribution in [3.05, 3.63) is 20.4 Å². The lowest BCUT2D eigenvalue weighted by atomic mass is 10.4. The fraction of sp³-hybridized carbons (Fsp3) is 0. The maximum atomic E-state index is 4.21. The van der Waals surface area contributed by atoms with Gasteiger partial charge in [-0.05, 0) is 50.7 Å². The number of fused-ring (bicyclic) bond motifs is 1. The van der Waals surface area contributed by atoms with Gasteiger partial charge in [-0.2, -0.15) is 5.10 Å². The van der Waals surface area contributed by atoms with Gasteiger partial charge in [0.2, 0.25) is 0 Å². The molecule has 0 spiro atoms. The van der Waals surface area contributed by atoms with Crippen LogP contribution in [0.3, 0.4) is 0 Å². The number of hydrogen-bond donors (Lipinski definition) is 1. The van der Waals surface area contributed by atoms with Gasteiger partial charge < -0.3 is 0 Å². The highest BCUT2D eigenvalue weighted by Crippen LogP contribution is 2.19. The van der Waals surface area contributed by atoms with Crippen molar-refractivity contribution < 1.29 is 0 Å². The number of nitrogens with zero attached hydrogens (tertiary/aromatic N) is 2. The largest absolute Gasteiger partial charge is 0.269 e. The molecule has 0 saturated heterocycles. The zero-order valence-electron chi connectivity index (χ0n) is 5.31. The molecule has 0 unspecified atom stereocenters. The number of hydrogen-bond acceptors (Lipinski definition) is 2. The van der Waals surface area contributed by atoms with Crippen LogP contribution in [-0.2, 0) is 0 Å². The van der Waals surface area contributed by atoms with Crippen LogP contribution in [0.5, 0.6) is 0 Å². The molecule has 56 valence electrons. The van der Waals surface area contributed by atoms with Gasteiger partial charge in [0.15, 0.2) is 5.65 Å². The van der Waals surface area contributed by atoms with Crippen molar-refractivity contribution >= 4 is 49.6 Å². The second-order valence-electron chi connectivity index (χ2n) is 2.04. The molecular weight excluding hydrogens is 321 g/mol. The Morgan fingerprint density at radius 2 is 2.27 bits per heavy atom. The zero-order valence-corrected chi connectivity index (χ0v) is 9.05. The first kappa shape index (κ1) is 7.48. The third kappa shape index (κ3) is 1.26. The van der Waals surface area contributed by atoms with Gasteiger partial charge in [-0.15, -0.1) is 0 Å². The van der Waals surface area contributed by atoms with Crippen molar-refractivity contribution in [2.24, 2.45) is 0 Å². The van der Waals surface area contributed by atoms with E-state index in [0.717, 1.165) is 19.3 Å². The molecule has 2 aromatic heterocycles. The summed E-state index contributed by atoms with van der Waals surface area (Å²) in [4.78, 5) is 4.21. The van der Waals surface area contributed by atoms with Gasteiger partial charge in [-0.3, -0.25) is 5.10 Å². The topological polar surface area (TPSA) is 41.6 Å². The highest BCUT2D eigenvalue weighted by Gasteiger charge is 2.02. The van der Waals surface area contributed by atoms with Crippen molar-refractivity contribution in [2.75, 3.05) is 0 Å². The molecule has 0 saturated carbocycles. The maximum absolute atomic E-state index is 4.21. The van der Waals surface area contributed by atoms with Gasteiger partial charge in [0.05, 0.1) is 5.39 Å². The first-order valence-electron chi connectivity index (χ1n) is 2.93. The molecule has 2 heterocycles. The van der Waals surface area contributed by atoms with Gasteiger partial charge >= 0.3 is 0 Å². The van der Waals surface area contributed by atoms with E-state index >= 15 is 0 Å². The second-order valence-corrected chi connectivity index (χ2v) is 3.94. The van der Waals surface area contributed by atoms with E-state index in [4.69, 9.17) is 0 Å². The van der Waals surface area contributed by atoms with Gasteiger partial charge in [0.25, 0.3) is 0 Å². The number of rotatable bonds is 0. The van der Waals surface area contributed by atoms with E-state index in [1.165, 1.54) is 0 Å². The molecule has 0 fully saturated rings. The molecule has 0 bridgehead atoms. The summed E-state index contributed by atoms with van der Waals surface area (Å²) < 4.78 is 1.84. The van der Waals surface area contributed by atoms with Gasteiger partial charge in [-0.25, -0.2) is 4.98 Å². The highest BCUT2D eigenvalue weighted by atomic mass is 127. The molecular formula is C6H3BrIN3. The second kappa shape index (κ2) is 2.71. The number of nitrogens with one attached hydrogen (secondary N) is 1. The van der Waals surface area contributed by atoms with Crippen LogP contribution in [-0.4, -0.2) is 15.2 Å². The average molecular weight is 324 g/mol. The van der Waals surface area contributed by atoms with E-state index in [9.17, 15) is 0 Å². The molecule has 2 rings (SSSR count). The summed E-state index contributed by atoms with van der Waals surface area (Å²) in [7, 11) is 0. The van der Waals surface area contributed by atoms with Crippen molar-refractivity contribution in [1.29, 1.82) is 0 Å². The summed E-state index contributed by atoms with van der Waals surface area (Å²) in [6, 6.07) is 3.93. The predicted molar refractivity (Wildman–Crippen MR) is 54.3 cm³/mol. The number of halogens is 2. The zero-order chi connectivity index (χ0) is 7.84. The lowest BCUT2D eigenvalue weighted by molar-refractivity contribution is 1.07. The lowest BCUT2D eigenvalue weighted by Crippen LogP contribution is -1.79. The SMILES string of the molecule is Brc1[nH]nc2nc(I)ccc12. The standard InChI is InChI=1S/C6H3BrIN3/c7-5-3-1-2-4(8)9-6(3)11-10-5/h1-2H,(H,9,10,11). The maximum Gasteiger partial charge on any atom is 0.183 e. The minimum atomic E-state index is 0.753. The Hall–Kier alpha value is -0.170. The molecule has 2 aromatic rings. The van der Waals surface area contributed by atoms with Gasteiger partial charge in [-0.1, -0.05) is 0 Å². The van der Waals surface area contributed by atoms with Crippen molar-refractivity contribution in [3.63, 3.8) is 0 Å². The Morgan fingerprint density at radius 1 is 1.45 bits per heavy atom. The number of aromatic amines is 1. The van der Waals surface area contributed by atoms with Crippen LogP contribution in [0.1, 0.15) is 0 Å². The van der Waals surface area contributed by atoms with E-state index in [1.807, 2.05) is 12.1 Å². The monoisotopic (exact) mass is 323 g/mol. The van der Waals surface area contributed by atoms with E-state index in [-0.39, 0.29) is 0 Å². The molecule has 0 atom stereocenters. The van der Waals surface area contributed by atoms with E-state index < -0.39 is 0 Å². The smallest absolute Gasteiger partial charge is 0.183 e. The highest BCUT2D eigenvalue weighted by molar-refractivity contribution is 14.1. The molecule has 0 aliphatic carbocycles. The first-order chi connectivity index (χ1) is 5.27. The number of H-pyrrole nitrogens is 1. The summed E-state index contributed by atoms with van der Waals surface area (Å²) >= 11 is 5.49. The Balaban J connectivity index is 2.86. The molecule has 0 aliphatic heterocycles. The third-order valence-corrected chi connectivity index (χ3v) is 2.54. The summed E-state index contributed by atoms with van der Waals surface area (Å²) in [5.74, 6) is 0. The molecule has 11 heavy (non-hydrogen) atoms. The van der Waals surface area contributed by atoms with Gasteiger partial charge in [0, 0.05) is 0 Å². The Labute approximate surface area is 84.9 Å². The van der Waals surface area contributed by atoms with Crippen LogP contribution in [0.2, 0.25) is 0 Å². The third-order valence-electron chi connectivity index (χ3n) is 1.34. The summed E-state index contributed by atoms with van der Waals surface area (Å²) in [6.07, 6.45) is 0. The minimum absolute atomic E-state index is 0.753. The number of aromatic nitrogens is 3. The van der Waals surface area contributed by atoms with E-state index in [1.54, 1.807) is 0 Å². The van der Waals surface area contributed by atoms with Crippen LogP contribution < -0.4 is 0 Å². The lowest BCUT2D eigenvalue weighted by Gasteiger charge is -1.87. The fourth-order valence-electron chi connectivity index (χ4n) is 0.844. The van der Waals surface area contributed by atoms with Crippen LogP contribution in [0.4, 0.5) is 0 Å². The molecule has 3 nitrogen and oxygen atoms in total. The molecule has 0 amide bonds. The first-order valence-corrected chi connectivity index (χ1v) is 4.80. The molecule has 5 heteroatoms. The summed E-state index contributed by atoms with van der Waals surface area (Å²) in [5.41, 5.74) is 0.753. The van der Waals surface area contributed by atoms with Gasteiger partial charge in [0.1, 0.15) is 8.30 Å². The quantitative estimate of drug-likeness (QED) is 0.597. The predicted octanol–water partition coefficient (Wildman–Crippen LogP) is 2.33. The summed E-state index contributed by atoms with van der Waals surface area (Å²) in [5, 5.41) is 7.81. The molecule has 1 N–H and O–H groups in total. The Bertz CT molecular complexity index is 398. The van der Waals surface area contributed by atoms with E-state index in [2.05, 4.69) is 53.7 Å². The normalized spacial score (nSPS) is 10.7. The Morgan fingerprint density at radius 3 is 3.09 bits per heavy atom. The van der Waals surface area contributed by atoms with Crippen LogP contribution in [0.25, 0.3) is 11.0 Å². The molecule has 0 aromatic carbocycles. The summed E-state index contributed by atoms with van der Waals surface area (Å²) in [6.45, 7) is 0.